The van der Waals surface area contributed by atoms with Crippen LogP contribution in [0, 0.1) is 5.92 Å². The smallest absolute Gasteiger partial charge is 0.310 e. The molecule has 0 amide bonds. The Kier molecular flexibility index (Phi) is 5.71. The lowest BCUT2D eigenvalue weighted by molar-refractivity contribution is -0.148. The Bertz CT molecular complexity index is 701. The van der Waals surface area contributed by atoms with Gasteiger partial charge in [-0.15, -0.1) is 0 Å². The zero-order valence-corrected chi connectivity index (χ0v) is 14.9. The van der Waals surface area contributed by atoms with E-state index < -0.39 is 0 Å². The highest BCUT2D eigenvalue weighted by atomic mass is 16.5. The molecule has 1 saturated heterocycles. The van der Waals surface area contributed by atoms with Crippen LogP contribution in [0.2, 0.25) is 0 Å². The average molecular weight is 339 g/mol. The van der Waals surface area contributed by atoms with Gasteiger partial charge in [0, 0.05) is 25.6 Å². The summed E-state index contributed by atoms with van der Waals surface area (Å²) in [5.74, 6) is 0.695. The number of benzene rings is 2. The highest BCUT2D eigenvalue weighted by molar-refractivity contribution is 5.74. The van der Waals surface area contributed by atoms with E-state index in [9.17, 15) is 4.79 Å². The Labute approximate surface area is 149 Å². The molecular weight excluding hydrogens is 314 g/mol. The summed E-state index contributed by atoms with van der Waals surface area (Å²) >= 11 is 0. The first-order valence-corrected chi connectivity index (χ1v) is 8.78. The van der Waals surface area contributed by atoms with Gasteiger partial charge in [-0.25, -0.2) is 0 Å². The second-order valence-electron chi connectivity index (χ2n) is 6.42. The molecule has 4 nitrogen and oxygen atoms in total. The van der Waals surface area contributed by atoms with Crippen molar-refractivity contribution in [3.05, 3.63) is 65.7 Å². The number of methoxy groups -OCH3 is 1. The molecule has 132 valence electrons. The van der Waals surface area contributed by atoms with Crippen molar-refractivity contribution in [2.45, 2.75) is 19.4 Å². The fourth-order valence-electron chi connectivity index (χ4n) is 3.55. The van der Waals surface area contributed by atoms with Crippen LogP contribution in [-0.4, -0.2) is 37.7 Å². The molecule has 0 spiro atoms. The highest BCUT2D eigenvalue weighted by Gasteiger charge is 2.39. The van der Waals surface area contributed by atoms with E-state index in [4.69, 9.17) is 9.47 Å². The summed E-state index contributed by atoms with van der Waals surface area (Å²) in [6, 6.07) is 18.4. The van der Waals surface area contributed by atoms with E-state index in [-0.39, 0.29) is 17.8 Å². The summed E-state index contributed by atoms with van der Waals surface area (Å²) in [7, 11) is 1.66. The maximum atomic E-state index is 12.5. The number of likely N-dealkylation sites (tertiary alicyclic amines) is 1. The number of carbonyl (C=O) groups excluding carboxylic acids is 1. The van der Waals surface area contributed by atoms with E-state index >= 15 is 0 Å². The molecule has 2 unspecified atom stereocenters. The van der Waals surface area contributed by atoms with Crippen molar-refractivity contribution in [2.24, 2.45) is 5.92 Å². The Hall–Kier alpha value is -2.33. The number of esters is 1. The van der Waals surface area contributed by atoms with Crippen LogP contribution < -0.4 is 4.74 Å². The van der Waals surface area contributed by atoms with E-state index in [2.05, 4.69) is 23.1 Å². The maximum absolute atomic E-state index is 12.5. The fraction of sp³-hybridized carbons (Fsp3) is 0.381. The van der Waals surface area contributed by atoms with Crippen LogP contribution in [0.15, 0.2) is 54.6 Å². The van der Waals surface area contributed by atoms with E-state index in [1.54, 1.807) is 7.11 Å². The monoisotopic (exact) mass is 339 g/mol. The molecule has 0 radical (unpaired) electrons. The lowest BCUT2D eigenvalue weighted by atomic mass is 9.89. The second kappa shape index (κ2) is 8.17. The quantitative estimate of drug-likeness (QED) is 0.756. The van der Waals surface area contributed by atoms with Gasteiger partial charge in [-0.05, 0) is 30.2 Å². The summed E-state index contributed by atoms with van der Waals surface area (Å²) in [4.78, 5) is 14.8. The second-order valence-corrected chi connectivity index (χ2v) is 6.42. The van der Waals surface area contributed by atoms with Crippen LogP contribution in [0.3, 0.4) is 0 Å². The van der Waals surface area contributed by atoms with Crippen molar-refractivity contribution in [1.29, 1.82) is 0 Å². The van der Waals surface area contributed by atoms with Crippen molar-refractivity contribution in [3.63, 3.8) is 0 Å². The van der Waals surface area contributed by atoms with Crippen molar-refractivity contribution in [1.82, 2.24) is 4.90 Å². The third kappa shape index (κ3) is 4.20. The molecule has 1 heterocycles. The van der Waals surface area contributed by atoms with E-state index in [0.717, 1.165) is 30.9 Å². The largest absolute Gasteiger partial charge is 0.497 e. The standard InChI is InChI=1S/C21H25NO3/c1-3-25-21(23)20-15-22(13-16-8-5-4-6-9-16)14-19(20)17-10-7-11-18(12-17)24-2/h4-12,19-20H,3,13-15H2,1-2H3. The van der Waals surface area contributed by atoms with Gasteiger partial charge in [-0.3, -0.25) is 9.69 Å². The molecule has 2 aromatic carbocycles. The normalized spacial score (nSPS) is 20.4. The molecule has 1 aliphatic rings. The van der Waals surface area contributed by atoms with Crippen LogP contribution in [0.5, 0.6) is 5.75 Å². The first-order valence-electron chi connectivity index (χ1n) is 8.78. The minimum atomic E-state index is -0.143. The third-order valence-electron chi connectivity index (χ3n) is 4.76. The fourth-order valence-corrected chi connectivity index (χ4v) is 3.55. The van der Waals surface area contributed by atoms with Crippen molar-refractivity contribution >= 4 is 5.97 Å². The SMILES string of the molecule is CCOC(=O)C1CN(Cc2ccccc2)CC1c1cccc(OC)c1. The molecule has 25 heavy (non-hydrogen) atoms. The van der Waals surface area contributed by atoms with Gasteiger partial charge in [0.2, 0.25) is 0 Å². The molecule has 0 bridgehead atoms. The lowest BCUT2D eigenvalue weighted by Crippen LogP contribution is -2.25. The first kappa shape index (κ1) is 17.5. The van der Waals surface area contributed by atoms with Crippen LogP contribution in [0.4, 0.5) is 0 Å². The molecule has 3 rings (SSSR count). The van der Waals surface area contributed by atoms with Crippen LogP contribution in [0.1, 0.15) is 24.0 Å². The molecule has 2 aromatic rings. The number of carbonyl (C=O) groups is 1. The van der Waals surface area contributed by atoms with E-state index in [0.29, 0.717) is 6.61 Å². The van der Waals surface area contributed by atoms with Crippen LogP contribution in [0.25, 0.3) is 0 Å². The van der Waals surface area contributed by atoms with E-state index in [1.165, 1.54) is 5.56 Å². The number of rotatable bonds is 6. The predicted molar refractivity (Wildman–Crippen MR) is 97.6 cm³/mol. The topological polar surface area (TPSA) is 38.8 Å². The number of hydrogen-bond donors (Lipinski definition) is 0. The van der Waals surface area contributed by atoms with Gasteiger partial charge in [0.25, 0.3) is 0 Å². The molecule has 1 aliphatic heterocycles. The molecule has 1 fully saturated rings. The van der Waals surface area contributed by atoms with Gasteiger partial charge >= 0.3 is 5.97 Å². The molecule has 4 heteroatoms. The van der Waals surface area contributed by atoms with Gasteiger partial charge in [-0.1, -0.05) is 42.5 Å². The summed E-state index contributed by atoms with van der Waals surface area (Å²) in [5, 5.41) is 0. The van der Waals surface area contributed by atoms with Crippen molar-refractivity contribution < 1.29 is 14.3 Å². The van der Waals surface area contributed by atoms with Crippen molar-refractivity contribution in [2.75, 3.05) is 26.8 Å². The summed E-state index contributed by atoms with van der Waals surface area (Å²) in [6.45, 7) is 4.67. The zero-order valence-electron chi connectivity index (χ0n) is 14.9. The van der Waals surface area contributed by atoms with Crippen LogP contribution in [-0.2, 0) is 16.1 Å². The third-order valence-corrected chi connectivity index (χ3v) is 4.76. The first-order chi connectivity index (χ1) is 12.2. The Morgan fingerprint density at radius 2 is 1.92 bits per heavy atom. The minimum Gasteiger partial charge on any atom is -0.497 e. The molecule has 0 aromatic heterocycles. The van der Waals surface area contributed by atoms with Gasteiger partial charge in [0.05, 0.1) is 19.6 Å². The Morgan fingerprint density at radius 1 is 1.12 bits per heavy atom. The molecular formula is C21H25NO3. The predicted octanol–water partition coefficient (Wildman–Crippen LogP) is 3.47. The Balaban J connectivity index is 1.81. The number of hydrogen-bond acceptors (Lipinski definition) is 4. The molecule has 0 aliphatic carbocycles. The summed E-state index contributed by atoms with van der Waals surface area (Å²) < 4.78 is 10.7. The average Bonchev–Trinajstić information content (AvgIpc) is 3.07. The van der Waals surface area contributed by atoms with Gasteiger partial charge < -0.3 is 9.47 Å². The minimum absolute atomic E-state index is 0.106. The Morgan fingerprint density at radius 3 is 2.64 bits per heavy atom. The highest BCUT2D eigenvalue weighted by Crippen LogP contribution is 2.35. The van der Waals surface area contributed by atoms with Crippen molar-refractivity contribution in [3.8, 4) is 5.75 Å². The molecule has 0 saturated carbocycles. The van der Waals surface area contributed by atoms with Crippen LogP contribution >= 0.6 is 0 Å². The van der Waals surface area contributed by atoms with Gasteiger partial charge in [0.15, 0.2) is 0 Å². The number of ether oxygens (including phenoxy) is 2. The van der Waals surface area contributed by atoms with Gasteiger partial charge in [-0.2, -0.15) is 0 Å². The summed E-state index contributed by atoms with van der Waals surface area (Å²) in [5.41, 5.74) is 2.39. The molecule has 0 N–H and O–H groups in total. The zero-order chi connectivity index (χ0) is 17.6. The summed E-state index contributed by atoms with van der Waals surface area (Å²) in [6.07, 6.45) is 0. The lowest BCUT2D eigenvalue weighted by Gasteiger charge is -2.18. The molecule has 2 atom stereocenters. The number of nitrogens with zero attached hydrogens (tertiary/aromatic N) is 1. The van der Waals surface area contributed by atoms with E-state index in [1.807, 2.05) is 43.3 Å². The maximum Gasteiger partial charge on any atom is 0.310 e. The van der Waals surface area contributed by atoms with Gasteiger partial charge in [0.1, 0.15) is 5.75 Å².